The van der Waals surface area contributed by atoms with E-state index in [1.807, 2.05) is 0 Å². The zero-order chi connectivity index (χ0) is 21.3. The van der Waals surface area contributed by atoms with Gasteiger partial charge in [-0.2, -0.15) is 0 Å². The Kier molecular flexibility index (Phi) is 6.38. The van der Waals surface area contributed by atoms with Gasteiger partial charge in [0.2, 0.25) is 5.91 Å². The molecule has 1 aromatic heterocycles. The molecule has 3 atom stereocenters. The summed E-state index contributed by atoms with van der Waals surface area (Å²) in [6.07, 6.45) is 0.208. The van der Waals surface area contributed by atoms with E-state index < -0.39 is 18.2 Å². The number of nitrogens with one attached hydrogen (secondary N) is 3. The van der Waals surface area contributed by atoms with Gasteiger partial charge < -0.3 is 25.6 Å². The van der Waals surface area contributed by atoms with Gasteiger partial charge in [0, 0.05) is 42.0 Å². The second-order valence-corrected chi connectivity index (χ2v) is 8.61. The molecule has 0 spiro atoms. The number of aromatic nitrogens is 1. The molecule has 8 nitrogen and oxygen atoms in total. The first-order valence-corrected chi connectivity index (χ1v) is 10.3. The highest BCUT2D eigenvalue weighted by atomic mass is 79.9. The smallest absolute Gasteiger partial charge is 0.404 e. The molecule has 0 bridgehead atoms. The second kappa shape index (κ2) is 8.62. The fraction of sp³-hybridized carbons (Fsp3) is 0.421. The number of rotatable bonds is 4. The quantitative estimate of drug-likeness (QED) is 0.532. The van der Waals surface area contributed by atoms with Crippen LogP contribution in [-0.4, -0.2) is 59.1 Å². The van der Waals surface area contributed by atoms with Crippen LogP contribution >= 0.6 is 27.5 Å². The number of hydrogen-bond donors (Lipinski definition) is 4. The lowest BCUT2D eigenvalue weighted by Gasteiger charge is -2.36. The Morgan fingerprint density at radius 1 is 1.21 bits per heavy atom. The van der Waals surface area contributed by atoms with Crippen LogP contribution < -0.4 is 10.6 Å². The molecular formula is C19H22BrClN4O4. The van der Waals surface area contributed by atoms with Crippen molar-refractivity contribution >= 4 is 56.3 Å². The highest BCUT2D eigenvalue weighted by Crippen LogP contribution is 2.31. The molecule has 1 aliphatic carbocycles. The van der Waals surface area contributed by atoms with Crippen LogP contribution in [0.15, 0.2) is 22.7 Å². The van der Waals surface area contributed by atoms with Crippen molar-refractivity contribution in [3.63, 3.8) is 0 Å². The normalized spacial score (nSPS) is 21.6. The van der Waals surface area contributed by atoms with Crippen molar-refractivity contribution in [1.82, 2.24) is 20.5 Å². The van der Waals surface area contributed by atoms with E-state index >= 15 is 0 Å². The number of halogens is 2. The van der Waals surface area contributed by atoms with Crippen LogP contribution in [0, 0.1) is 5.92 Å². The van der Waals surface area contributed by atoms with Crippen LogP contribution in [-0.2, 0) is 4.79 Å². The predicted octanol–water partition coefficient (Wildman–Crippen LogP) is 3.21. The average Bonchev–Trinajstić information content (AvgIpc) is 2.98. The summed E-state index contributed by atoms with van der Waals surface area (Å²) in [6, 6.07) is 4.28. The number of nitrogens with zero attached hydrogens (tertiary/aromatic N) is 1. The minimum absolute atomic E-state index is 0.0396. The van der Waals surface area contributed by atoms with E-state index in [-0.39, 0.29) is 17.7 Å². The van der Waals surface area contributed by atoms with Crippen molar-refractivity contribution in [2.24, 2.45) is 5.92 Å². The van der Waals surface area contributed by atoms with E-state index in [9.17, 15) is 19.5 Å². The number of H-pyrrole nitrogens is 1. The molecular weight excluding hydrogens is 464 g/mol. The highest BCUT2D eigenvalue weighted by Gasteiger charge is 2.36. The SMILES string of the molecule is CN(C)C(=O)[C@H]1CC[C@H](NC(=O)c2[nH]c3ccc(Cl)cc3c2Br)[C@H](NC(=O)O)C1. The monoisotopic (exact) mass is 484 g/mol. The zero-order valence-corrected chi connectivity index (χ0v) is 18.3. The van der Waals surface area contributed by atoms with Crippen molar-refractivity contribution in [2.45, 2.75) is 31.3 Å². The number of benzene rings is 1. The van der Waals surface area contributed by atoms with Crippen molar-refractivity contribution in [1.29, 1.82) is 0 Å². The Hall–Kier alpha value is -2.26. The predicted molar refractivity (Wildman–Crippen MR) is 113 cm³/mol. The first kappa shape index (κ1) is 21.4. The molecule has 156 valence electrons. The van der Waals surface area contributed by atoms with E-state index in [0.717, 1.165) is 10.9 Å². The van der Waals surface area contributed by atoms with Crippen LogP contribution in [0.4, 0.5) is 4.79 Å². The second-order valence-electron chi connectivity index (χ2n) is 7.38. The first-order chi connectivity index (χ1) is 13.7. The summed E-state index contributed by atoms with van der Waals surface area (Å²) in [5, 5.41) is 15.9. The third-order valence-electron chi connectivity index (χ3n) is 5.19. The lowest BCUT2D eigenvalue weighted by atomic mass is 9.81. The van der Waals surface area contributed by atoms with Gasteiger partial charge in [0.15, 0.2) is 0 Å². The number of carboxylic acid groups (broad SMARTS) is 1. The van der Waals surface area contributed by atoms with Gasteiger partial charge in [-0.1, -0.05) is 11.6 Å². The Balaban J connectivity index is 1.78. The summed E-state index contributed by atoms with van der Waals surface area (Å²) in [5.74, 6) is -0.678. The number of hydrogen-bond acceptors (Lipinski definition) is 3. The van der Waals surface area contributed by atoms with Crippen molar-refractivity contribution in [3.8, 4) is 0 Å². The Bertz CT molecular complexity index is 961. The van der Waals surface area contributed by atoms with Gasteiger partial charge in [0.25, 0.3) is 5.91 Å². The van der Waals surface area contributed by atoms with Gasteiger partial charge >= 0.3 is 6.09 Å². The Morgan fingerprint density at radius 3 is 2.59 bits per heavy atom. The molecule has 3 rings (SSSR count). The minimum Gasteiger partial charge on any atom is -0.465 e. The zero-order valence-electron chi connectivity index (χ0n) is 16.0. The van der Waals surface area contributed by atoms with E-state index in [1.165, 1.54) is 4.90 Å². The number of carbonyl (C=O) groups is 3. The summed E-state index contributed by atoms with van der Waals surface area (Å²) < 4.78 is 0.590. The maximum Gasteiger partial charge on any atom is 0.404 e. The lowest BCUT2D eigenvalue weighted by Crippen LogP contribution is -2.55. The van der Waals surface area contributed by atoms with Crippen LogP contribution in [0.5, 0.6) is 0 Å². The van der Waals surface area contributed by atoms with Gasteiger partial charge in [-0.25, -0.2) is 4.79 Å². The molecule has 0 radical (unpaired) electrons. The van der Waals surface area contributed by atoms with E-state index in [0.29, 0.717) is 34.5 Å². The molecule has 1 heterocycles. The number of carbonyl (C=O) groups excluding carboxylic acids is 2. The van der Waals surface area contributed by atoms with Crippen molar-refractivity contribution < 1.29 is 19.5 Å². The van der Waals surface area contributed by atoms with E-state index in [2.05, 4.69) is 31.5 Å². The lowest BCUT2D eigenvalue weighted by molar-refractivity contribution is -0.134. The molecule has 29 heavy (non-hydrogen) atoms. The van der Waals surface area contributed by atoms with Gasteiger partial charge in [0.1, 0.15) is 5.69 Å². The fourth-order valence-corrected chi connectivity index (χ4v) is 4.56. The Labute approximate surface area is 181 Å². The number of amides is 3. The average molecular weight is 486 g/mol. The first-order valence-electron chi connectivity index (χ1n) is 9.15. The van der Waals surface area contributed by atoms with Crippen molar-refractivity contribution in [3.05, 3.63) is 33.4 Å². The van der Waals surface area contributed by atoms with Gasteiger partial charge in [-0.15, -0.1) is 0 Å². The minimum atomic E-state index is -1.19. The summed E-state index contributed by atoms with van der Waals surface area (Å²) in [6.45, 7) is 0. The molecule has 1 saturated carbocycles. The third-order valence-corrected chi connectivity index (χ3v) is 6.25. The third kappa shape index (κ3) is 4.67. The largest absolute Gasteiger partial charge is 0.465 e. The molecule has 1 fully saturated rings. The maximum absolute atomic E-state index is 12.9. The summed E-state index contributed by atoms with van der Waals surface area (Å²) in [7, 11) is 3.35. The molecule has 4 N–H and O–H groups in total. The van der Waals surface area contributed by atoms with Gasteiger partial charge in [-0.05, 0) is 53.4 Å². The molecule has 0 unspecified atom stereocenters. The molecule has 1 aromatic carbocycles. The van der Waals surface area contributed by atoms with Crippen LogP contribution in [0.2, 0.25) is 5.02 Å². The van der Waals surface area contributed by atoms with Gasteiger partial charge in [0.05, 0.1) is 10.5 Å². The maximum atomic E-state index is 12.9. The van der Waals surface area contributed by atoms with Gasteiger partial charge in [-0.3, -0.25) is 9.59 Å². The Morgan fingerprint density at radius 2 is 1.93 bits per heavy atom. The molecule has 1 aliphatic rings. The molecule has 2 aromatic rings. The fourth-order valence-electron chi connectivity index (χ4n) is 3.78. The van der Waals surface area contributed by atoms with E-state index in [1.54, 1.807) is 32.3 Å². The van der Waals surface area contributed by atoms with Crippen LogP contribution in [0.3, 0.4) is 0 Å². The van der Waals surface area contributed by atoms with Crippen LogP contribution in [0.25, 0.3) is 10.9 Å². The molecule has 0 saturated heterocycles. The van der Waals surface area contributed by atoms with E-state index in [4.69, 9.17) is 11.6 Å². The standard InChI is InChI=1S/C19H22BrClN4O4/c1-25(2)18(27)9-3-5-13(14(7-9)24-19(28)29)23-17(26)16-15(20)11-8-10(21)4-6-12(11)22-16/h4,6,8-9,13-14,22,24H,3,5,7H2,1-2H3,(H,23,26)(H,28,29)/t9-,13-,14+/m0/s1. The highest BCUT2D eigenvalue weighted by molar-refractivity contribution is 9.10. The van der Waals surface area contributed by atoms with Crippen molar-refractivity contribution in [2.75, 3.05) is 14.1 Å². The summed E-state index contributed by atoms with van der Waals surface area (Å²) in [4.78, 5) is 41.0. The number of aromatic amines is 1. The topological polar surface area (TPSA) is 115 Å². The summed E-state index contributed by atoms with van der Waals surface area (Å²) >= 11 is 9.47. The number of fused-ring (bicyclic) bond motifs is 1. The molecule has 0 aliphatic heterocycles. The molecule has 3 amide bonds. The van der Waals surface area contributed by atoms with Crippen LogP contribution in [0.1, 0.15) is 29.8 Å². The summed E-state index contributed by atoms with van der Waals surface area (Å²) in [5.41, 5.74) is 1.09. The molecule has 10 heteroatoms.